The van der Waals surface area contributed by atoms with Crippen LogP contribution in [-0.4, -0.2) is 23.1 Å². The fourth-order valence-electron chi connectivity index (χ4n) is 1.60. The van der Waals surface area contributed by atoms with Crippen molar-refractivity contribution < 1.29 is 9.47 Å². The van der Waals surface area contributed by atoms with E-state index >= 15 is 0 Å². The van der Waals surface area contributed by atoms with Crippen molar-refractivity contribution >= 4 is 15.9 Å². The van der Waals surface area contributed by atoms with Crippen molar-refractivity contribution in [3.8, 4) is 17.5 Å². The summed E-state index contributed by atoms with van der Waals surface area (Å²) in [5.41, 5.74) is 1.02. The monoisotopic (exact) mass is 351 g/mol. The van der Waals surface area contributed by atoms with Crippen LogP contribution in [0, 0.1) is 0 Å². The molecule has 0 spiro atoms. The van der Waals surface area contributed by atoms with Gasteiger partial charge in [0.15, 0.2) is 0 Å². The Balaban J connectivity index is 2.03. The largest absolute Gasteiger partial charge is 0.497 e. The predicted molar refractivity (Wildman–Crippen MR) is 84.8 cm³/mol. The van der Waals surface area contributed by atoms with Crippen LogP contribution in [0.25, 0.3) is 0 Å². The van der Waals surface area contributed by atoms with Gasteiger partial charge in [-0.15, -0.1) is 0 Å². The third-order valence-electron chi connectivity index (χ3n) is 2.74. The fraction of sp³-hybridized carbons (Fsp3) is 0.333. The maximum atomic E-state index is 5.64. The highest BCUT2D eigenvalue weighted by Crippen LogP contribution is 2.31. The molecule has 0 aliphatic heterocycles. The summed E-state index contributed by atoms with van der Waals surface area (Å²) in [5.74, 6) is 1.40. The van der Waals surface area contributed by atoms with E-state index in [0.717, 1.165) is 22.3 Å². The summed E-state index contributed by atoms with van der Waals surface area (Å²) in [6.07, 6.45) is 3.52. The zero-order valence-electron chi connectivity index (χ0n) is 12.3. The van der Waals surface area contributed by atoms with Crippen LogP contribution in [0.15, 0.2) is 35.1 Å². The van der Waals surface area contributed by atoms with E-state index in [4.69, 9.17) is 9.47 Å². The first kappa shape index (κ1) is 15.7. The SMILES string of the molecule is COc1ccc(Oc2ncc(CNC(C)C)cn2)c(Br)c1. The van der Waals surface area contributed by atoms with Crippen LogP contribution in [0.3, 0.4) is 0 Å². The normalized spacial score (nSPS) is 10.7. The summed E-state index contributed by atoms with van der Waals surface area (Å²) in [6.45, 7) is 4.93. The second-order valence-electron chi connectivity index (χ2n) is 4.81. The molecule has 0 aliphatic rings. The molecule has 1 heterocycles. The van der Waals surface area contributed by atoms with Crippen molar-refractivity contribution in [1.82, 2.24) is 15.3 Å². The van der Waals surface area contributed by atoms with E-state index < -0.39 is 0 Å². The molecule has 0 aliphatic carbocycles. The second kappa shape index (κ2) is 7.38. The average Bonchev–Trinajstić information content (AvgIpc) is 2.48. The van der Waals surface area contributed by atoms with E-state index in [2.05, 4.69) is 45.1 Å². The molecule has 0 unspecified atom stereocenters. The van der Waals surface area contributed by atoms with Crippen LogP contribution in [0.1, 0.15) is 19.4 Å². The maximum Gasteiger partial charge on any atom is 0.321 e. The molecule has 5 nitrogen and oxygen atoms in total. The molecule has 112 valence electrons. The van der Waals surface area contributed by atoms with Crippen LogP contribution < -0.4 is 14.8 Å². The zero-order chi connectivity index (χ0) is 15.2. The van der Waals surface area contributed by atoms with Gasteiger partial charge in [-0.2, -0.15) is 0 Å². The molecule has 0 bridgehead atoms. The highest BCUT2D eigenvalue weighted by molar-refractivity contribution is 9.10. The van der Waals surface area contributed by atoms with Crippen LogP contribution in [0.4, 0.5) is 0 Å². The van der Waals surface area contributed by atoms with Gasteiger partial charge < -0.3 is 14.8 Å². The Bertz CT molecular complexity index is 588. The molecule has 0 saturated heterocycles. The predicted octanol–water partition coefficient (Wildman–Crippen LogP) is 3.54. The van der Waals surface area contributed by atoms with E-state index in [0.29, 0.717) is 17.8 Å². The Labute approximate surface area is 132 Å². The summed E-state index contributed by atoms with van der Waals surface area (Å²) in [5, 5.41) is 3.31. The lowest BCUT2D eigenvalue weighted by molar-refractivity contribution is 0.409. The van der Waals surface area contributed by atoms with Gasteiger partial charge >= 0.3 is 6.01 Å². The molecule has 1 aromatic carbocycles. The minimum atomic E-state index is 0.314. The molecule has 2 aromatic rings. The summed E-state index contributed by atoms with van der Waals surface area (Å²) < 4.78 is 11.6. The molecule has 0 radical (unpaired) electrons. The van der Waals surface area contributed by atoms with Crippen molar-refractivity contribution in [3.63, 3.8) is 0 Å². The summed E-state index contributed by atoms with van der Waals surface area (Å²) >= 11 is 3.43. The van der Waals surface area contributed by atoms with E-state index in [9.17, 15) is 0 Å². The van der Waals surface area contributed by atoms with Gasteiger partial charge in [0.05, 0.1) is 11.6 Å². The third-order valence-corrected chi connectivity index (χ3v) is 3.36. The topological polar surface area (TPSA) is 56.3 Å². The lowest BCUT2D eigenvalue weighted by Crippen LogP contribution is -2.21. The molecule has 0 saturated carbocycles. The first-order valence-electron chi connectivity index (χ1n) is 6.64. The van der Waals surface area contributed by atoms with E-state index in [1.807, 2.05) is 12.1 Å². The van der Waals surface area contributed by atoms with Crippen LogP contribution in [0.5, 0.6) is 17.5 Å². The number of methoxy groups -OCH3 is 1. The summed E-state index contributed by atoms with van der Waals surface area (Å²) in [6, 6.07) is 6.20. The van der Waals surface area contributed by atoms with Crippen molar-refractivity contribution in [3.05, 3.63) is 40.6 Å². The number of hydrogen-bond acceptors (Lipinski definition) is 5. The van der Waals surface area contributed by atoms with Crippen LogP contribution in [0.2, 0.25) is 0 Å². The van der Waals surface area contributed by atoms with Gasteiger partial charge in [-0.25, -0.2) is 9.97 Å². The lowest BCUT2D eigenvalue weighted by Gasteiger charge is -2.09. The number of benzene rings is 1. The zero-order valence-corrected chi connectivity index (χ0v) is 13.8. The van der Waals surface area contributed by atoms with Crippen molar-refractivity contribution in [2.75, 3.05) is 7.11 Å². The van der Waals surface area contributed by atoms with Gasteiger partial charge in [0, 0.05) is 30.5 Å². The molecule has 6 heteroatoms. The molecular formula is C15H18BrN3O2. The number of nitrogens with one attached hydrogen (secondary N) is 1. The van der Waals surface area contributed by atoms with Gasteiger partial charge in [-0.1, -0.05) is 13.8 Å². The highest BCUT2D eigenvalue weighted by Gasteiger charge is 2.06. The van der Waals surface area contributed by atoms with Crippen LogP contribution >= 0.6 is 15.9 Å². The molecule has 0 fully saturated rings. The van der Waals surface area contributed by atoms with Gasteiger partial charge in [-0.05, 0) is 34.1 Å². The number of hydrogen-bond donors (Lipinski definition) is 1. The van der Waals surface area contributed by atoms with E-state index in [1.165, 1.54) is 0 Å². The Hall–Kier alpha value is -1.66. The van der Waals surface area contributed by atoms with Crippen molar-refractivity contribution in [2.45, 2.75) is 26.4 Å². The van der Waals surface area contributed by atoms with Gasteiger partial charge in [0.2, 0.25) is 0 Å². The Kier molecular flexibility index (Phi) is 5.52. The smallest absolute Gasteiger partial charge is 0.321 e. The van der Waals surface area contributed by atoms with Gasteiger partial charge in [-0.3, -0.25) is 0 Å². The maximum absolute atomic E-state index is 5.64. The van der Waals surface area contributed by atoms with E-state index in [1.54, 1.807) is 25.6 Å². The minimum Gasteiger partial charge on any atom is -0.497 e. The van der Waals surface area contributed by atoms with Crippen LogP contribution in [-0.2, 0) is 6.54 Å². The molecule has 1 aromatic heterocycles. The fourth-order valence-corrected chi connectivity index (χ4v) is 2.04. The Morgan fingerprint density at radius 2 is 1.95 bits per heavy atom. The molecule has 1 N–H and O–H groups in total. The molecule has 21 heavy (non-hydrogen) atoms. The summed E-state index contributed by atoms with van der Waals surface area (Å²) in [7, 11) is 1.62. The number of ether oxygens (including phenoxy) is 2. The molecule has 0 atom stereocenters. The summed E-state index contributed by atoms with van der Waals surface area (Å²) in [4.78, 5) is 8.42. The van der Waals surface area contributed by atoms with Gasteiger partial charge in [0.1, 0.15) is 11.5 Å². The first-order chi connectivity index (χ1) is 10.1. The molecular weight excluding hydrogens is 334 g/mol. The quantitative estimate of drug-likeness (QED) is 0.862. The van der Waals surface area contributed by atoms with Crippen molar-refractivity contribution in [1.29, 1.82) is 0 Å². The minimum absolute atomic E-state index is 0.314. The lowest BCUT2D eigenvalue weighted by atomic mass is 10.3. The Morgan fingerprint density at radius 1 is 1.24 bits per heavy atom. The van der Waals surface area contributed by atoms with Gasteiger partial charge in [0.25, 0.3) is 0 Å². The number of nitrogens with zero attached hydrogens (tertiary/aromatic N) is 2. The molecule has 0 amide bonds. The first-order valence-corrected chi connectivity index (χ1v) is 7.43. The average molecular weight is 352 g/mol. The number of rotatable bonds is 6. The standard InChI is InChI=1S/C15H18BrN3O2/c1-10(2)17-7-11-8-18-15(19-9-11)21-14-5-4-12(20-3)6-13(14)16/h4-6,8-10,17H,7H2,1-3H3. The Morgan fingerprint density at radius 3 is 2.52 bits per heavy atom. The number of halogens is 1. The van der Waals surface area contributed by atoms with Crippen molar-refractivity contribution in [2.24, 2.45) is 0 Å². The number of aromatic nitrogens is 2. The molecule has 2 rings (SSSR count). The highest BCUT2D eigenvalue weighted by atomic mass is 79.9. The second-order valence-corrected chi connectivity index (χ2v) is 5.66. The third kappa shape index (κ3) is 4.68. The van der Waals surface area contributed by atoms with E-state index in [-0.39, 0.29) is 0 Å².